The molecule has 0 aromatic heterocycles. The van der Waals surface area contributed by atoms with Gasteiger partial charge < -0.3 is 19.5 Å². The van der Waals surface area contributed by atoms with E-state index in [2.05, 4.69) is 5.32 Å². The minimum atomic E-state index is -0.645. The number of benzene rings is 3. The summed E-state index contributed by atoms with van der Waals surface area (Å²) in [5.74, 6) is -1.24. The lowest BCUT2D eigenvalue weighted by Crippen LogP contribution is -2.29. The molecule has 3 amide bonds. The summed E-state index contributed by atoms with van der Waals surface area (Å²) < 4.78 is 15.6. The maximum Gasteiger partial charge on any atom is 0.340 e. The molecule has 1 aliphatic heterocycles. The van der Waals surface area contributed by atoms with Crippen molar-refractivity contribution in [2.45, 2.75) is 13.5 Å². The molecule has 3 aromatic carbocycles. The minimum absolute atomic E-state index is 0.0189. The van der Waals surface area contributed by atoms with Crippen LogP contribution in [0.3, 0.4) is 0 Å². The Bertz CT molecular complexity index is 1330. The van der Waals surface area contributed by atoms with Gasteiger partial charge in [-0.1, -0.05) is 18.2 Å². The zero-order valence-electron chi connectivity index (χ0n) is 20.0. The van der Waals surface area contributed by atoms with E-state index in [1.165, 1.54) is 26.4 Å². The minimum Gasteiger partial charge on any atom is -0.497 e. The number of amides is 3. The number of methoxy groups -OCH3 is 2. The van der Waals surface area contributed by atoms with Crippen molar-refractivity contribution in [1.29, 1.82) is 0 Å². The van der Waals surface area contributed by atoms with E-state index in [1.54, 1.807) is 55.5 Å². The lowest BCUT2D eigenvalue weighted by atomic mass is 10.1. The van der Waals surface area contributed by atoms with Crippen LogP contribution in [-0.4, -0.2) is 49.4 Å². The van der Waals surface area contributed by atoms with Crippen molar-refractivity contribution in [3.05, 3.63) is 88.5 Å². The number of carbonyl (C=O) groups excluding carboxylic acids is 4. The molecule has 184 valence electrons. The highest BCUT2D eigenvalue weighted by molar-refractivity contribution is 6.21. The zero-order chi connectivity index (χ0) is 25.8. The van der Waals surface area contributed by atoms with Gasteiger partial charge in [-0.2, -0.15) is 0 Å². The van der Waals surface area contributed by atoms with Crippen molar-refractivity contribution < 1.29 is 33.4 Å². The van der Waals surface area contributed by atoms with Gasteiger partial charge in [0.05, 0.1) is 55.3 Å². The fraction of sp³-hybridized carbons (Fsp3) is 0.185. The molecule has 0 aliphatic carbocycles. The number of esters is 1. The summed E-state index contributed by atoms with van der Waals surface area (Å²) in [7, 11) is 2.70. The van der Waals surface area contributed by atoms with Crippen molar-refractivity contribution in [1.82, 2.24) is 4.90 Å². The highest BCUT2D eigenvalue weighted by Gasteiger charge is 2.35. The number of anilines is 1. The van der Waals surface area contributed by atoms with Crippen LogP contribution in [0.4, 0.5) is 5.69 Å². The molecule has 9 heteroatoms. The van der Waals surface area contributed by atoms with Gasteiger partial charge in [-0.25, -0.2) is 4.79 Å². The Morgan fingerprint density at radius 1 is 0.889 bits per heavy atom. The first kappa shape index (κ1) is 24.5. The summed E-state index contributed by atoms with van der Waals surface area (Å²) in [5.41, 5.74) is 1.77. The molecule has 3 aromatic rings. The lowest BCUT2D eigenvalue weighted by Gasteiger charge is -2.17. The topological polar surface area (TPSA) is 111 Å². The highest BCUT2D eigenvalue weighted by atomic mass is 16.5. The van der Waals surface area contributed by atoms with Gasteiger partial charge in [0.2, 0.25) is 0 Å². The normalized spacial score (nSPS) is 12.2. The molecule has 1 heterocycles. The van der Waals surface area contributed by atoms with E-state index in [1.807, 2.05) is 0 Å². The van der Waals surface area contributed by atoms with Crippen LogP contribution in [0, 0.1) is 0 Å². The van der Waals surface area contributed by atoms with Crippen LogP contribution in [0.1, 0.15) is 53.9 Å². The summed E-state index contributed by atoms with van der Waals surface area (Å²) in [4.78, 5) is 52.3. The Labute approximate surface area is 207 Å². The quantitative estimate of drug-likeness (QED) is 0.378. The average molecular weight is 488 g/mol. The maximum atomic E-state index is 13.3. The largest absolute Gasteiger partial charge is 0.497 e. The monoisotopic (exact) mass is 488 g/mol. The first-order valence-electron chi connectivity index (χ1n) is 11.2. The van der Waals surface area contributed by atoms with Gasteiger partial charge in [0.25, 0.3) is 17.7 Å². The summed E-state index contributed by atoms with van der Waals surface area (Å²) in [5, 5.41) is 2.72. The second-order valence-corrected chi connectivity index (χ2v) is 7.86. The van der Waals surface area contributed by atoms with Gasteiger partial charge in [0.15, 0.2) is 0 Å². The van der Waals surface area contributed by atoms with Crippen LogP contribution < -0.4 is 14.8 Å². The third-order valence-electron chi connectivity index (χ3n) is 5.69. The number of fused-ring (bicyclic) bond motifs is 1. The van der Waals surface area contributed by atoms with Gasteiger partial charge in [-0.15, -0.1) is 0 Å². The predicted octanol–water partition coefficient (Wildman–Crippen LogP) is 3.93. The molecule has 0 fully saturated rings. The molecule has 0 saturated heterocycles. The number of carbonyl (C=O) groups is 4. The Morgan fingerprint density at radius 2 is 1.58 bits per heavy atom. The van der Waals surface area contributed by atoms with E-state index in [4.69, 9.17) is 14.2 Å². The van der Waals surface area contributed by atoms with Crippen LogP contribution in [0.25, 0.3) is 0 Å². The van der Waals surface area contributed by atoms with Crippen molar-refractivity contribution >= 4 is 29.4 Å². The molecular formula is C27H24N2O7. The van der Waals surface area contributed by atoms with E-state index >= 15 is 0 Å². The lowest BCUT2D eigenvalue weighted by molar-refractivity contribution is 0.0598. The van der Waals surface area contributed by atoms with Crippen LogP contribution in [0.2, 0.25) is 0 Å². The molecular weight excluding hydrogens is 464 g/mol. The van der Waals surface area contributed by atoms with Crippen LogP contribution in [-0.2, 0) is 11.3 Å². The zero-order valence-corrected chi connectivity index (χ0v) is 20.0. The molecule has 9 nitrogen and oxygen atoms in total. The predicted molar refractivity (Wildman–Crippen MR) is 131 cm³/mol. The fourth-order valence-corrected chi connectivity index (χ4v) is 3.93. The molecule has 0 spiro atoms. The summed E-state index contributed by atoms with van der Waals surface area (Å²) in [6, 6.07) is 16.1. The molecule has 4 rings (SSSR count). The van der Waals surface area contributed by atoms with Crippen molar-refractivity contribution in [3.63, 3.8) is 0 Å². The Hall–Kier alpha value is -4.66. The van der Waals surface area contributed by atoms with Gasteiger partial charge in [-0.3, -0.25) is 19.3 Å². The van der Waals surface area contributed by atoms with Crippen molar-refractivity contribution in [2.75, 3.05) is 26.1 Å². The number of ether oxygens (including phenoxy) is 3. The van der Waals surface area contributed by atoms with Gasteiger partial charge in [0.1, 0.15) is 11.5 Å². The second kappa shape index (κ2) is 10.3. The van der Waals surface area contributed by atoms with Gasteiger partial charge >= 0.3 is 5.97 Å². The number of rotatable bonds is 8. The van der Waals surface area contributed by atoms with E-state index in [9.17, 15) is 19.2 Å². The Balaban J connectivity index is 1.64. The number of hydrogen-bond donors (Lipinski definition) is 1. The molecule has 1 aliphatic rings. The summed E-state index contributed by atoms with van der Waals surface area (Å²) in [6.45, 7) is 2.08. The van der Waals surface area contributed by atoms with E-state index in [0.717, 1.165) is 4.90 Å². The smallest absolute Gasteiger partial charge is 0.340 e. The van der Waals surface area contributed by atoms with Gasteiger partial charge in [0, 0.05) is 0 Å². The number of imide groups is 1. The fourth-order valence-electron chi connectivity index (χ4n) is 3.93. The van der Waals surface area contributed by atoms with E-state index < -0.39 is 23.7 Å². The van der Waals surface area contributed by atoms with E-state index in [0.29, 0.717) is 34.8 Å². The summed E-state index contributed by atoms with van der Waals surface area (Å²) >= 11 is 0. The standard InChI is InChI=1S/C27H24N2O7/c1-4-36-23-12-9-16(15-29-25(31)18-7-5-6-8-19(18)26(29)32)13-21(23)24(30)28-22-11-10-17(34-2)14-20(22)27(33)35-3/h5-14H,4,15H2,1-3H3,(H,28,30). The molecule has 1 N–H and O–H groups in total. The molecule has 0 atom stereocenters. The average Bonchev–Trinajstić information content (AvgIpc) is 3.14. The van der Waals surface area contributed by atoms with Crippen LogP contribution >= 0.6 is 0 Å². The van der Waals surface area contributed by atoms with Crippen LogP contribution in [0.5, 0.6) is 11.5 Å². The molecule has 0 radical (unpaired) electrons. The third kappa shape index (κ3) is 4.63. The molecule has 0 saturated carbocycles. The third-order valence-corrected chi connectivity index (χ3v) is 5.69. The first-order chi connectivity index (χ1) is 17.4. The number of hydrogen-bond acceptors (Lipinski definition) is 7. The summed E-state index contributed by atoms with van der Waals surface area (Å²) in [6.07, 6.45) is 0. The highest BCUT2D eigenvalue weighted by Crippen LogP contribution is 2.28. The SMILES string of the molecule is CCOc1ccc(CN2C(=O)c3ccccc3C2=O)cc1C(=O)Nc1ccc(OC)cc1C(=O)OC. The van der Waals surface area contributed by atoms with Crippen molar-refractivity contribution in [2.24, 2.45) is 0 Å². The molecule has 36 heavy (non-hydrogen) atoms. The van der Waals surface area contributed by atoms with Crippen LogP contribution in [0.15, 0.2) is 60.7 Å². The van der Waals surface area contributed by atoms with E-state index in [-0.39, 0.29) is 23.4 Å². The number of nitrogens with one attached hydrogen (secondary N) is 1. The van der Waals surface area contributed by atoms with Gasteiger partial charge in [-0.05, 0) is 55.0 Å². The maximum absolute atomic E-state index is 13.3. The first-order valence-corrected chi connectivity index (χ1v) is 11.2. The Morgan fingerprint density at radius 3 is 2.19 bits per heavy atom. The number of nitrogens with zero attached hydrogens (tertiary/aromatic N) is 1. The second-order valence-electron chi connectivity index (χ2n) is 7.86. The molecule has 0 bridgehead atoms. The molecule has 0 unspecified atom stereocenters. The Kier molecular flexibility index (Phi) is 7.00. The van der Waals surface area contributed by atoms with Crippen molar-refractivity contribution in [3.8, 4) is 11.5 Å².